The predicted molar refractivity (Wildman–Crippen MR) is 96.9 cm³/mol. The van der Waals surface area contributed by atoms with Crippen molar-refractivity contribution in [3.8, 4) is 0 Å². The van der Waals surface area contributed by atoms with Gasteiger partial charge in [0.05, 0.1) is 0 Å². The van der Waals surface area contributed by atoms with E-state index in [-0.39, 0.29) is 11.5 Å². The molecule has 5 heteroatoms. The second-order valence-electron chi connectivity index (χ2n) is 6.87. The van der Waals surface area contributed by atoms with Crippen LogP contribution in [0.25, 0.3) is 0 Å². The largest absolute Gasteiger partial charge is 0.465 e. The van der Waals surface area contributed by atoms with Gasteiger partial charge in [0, 0.05) is 30.8 Å². The van der Waals surface area contributed by atoms with Crippen LogP contribution in [0.15, 0.2) is 28.7 Å². The number of methoxy groups -OCH3 is 1. The normalized spacial score (nSPS) is 12.9. The van der Waals surface area contributed by atoms with Crippen molar-refractivity contribution in [3.05, 3.63) is 34.3 Å². The minimum absolute atomic E-state index is 0.0510. The molecule has 1 rings (SSSR count). The number of amides is 1. The highest BCUT2D eigenvalue weighted by Crippen LogP contribution is 2.27. The van der Waals surface area contributed by atoms with Gasteiger partial charge in [0.2, 0.25) is 0 Å². The number of carboxylic acid groups (broad SMARTS) is 1. The van der Waals surface area contributed by atoms with Gasteiger partial charge in [-0.15, -0.1) is 0 Å². The molecule has 1 unspecified atom stereocenters. The van der Waals surface area contributed by atoms with E-state index in [4.69, 9.17) is 4.74 Å². The summed E-state index contributed by atoms with van der Waals surface area (Å²) < 4.78 is 6.21. The third kappa shape index (κ3) is 6.92. The average molecular weight is 386 g/mol. The number of nitrogens with zero attached hydrogens (tertiary/aromatic N) is 1. The maximum Gasteiger partial charge on any atom is 0.407 e. The van der Waals surface area contributed by atoms with Gasteiger partial charge in [-0.1, -0.05) is 48.8 Å². The number of benzene rings is 1. The van der Waals surface area contributed by atoms with E-state index in [1.165, 1.54) is 5.56 Å². The minimum atomic E-state index is -0.850. The van der Waals surface area contributed by atoms with Crippen LogP contribution in [0, 0.1) is 5.41 Å². The van der Waals surface area contributed by atoms with Gasteiger partial charge in [0.1, 0.15) is 0 Å². The number of halogens is 1. The molecule has 130 valence electrons. The third-order valence-corrected chi connectivity index (χ3v) is 4.52. The Morgan fingerprint density at radius 1 is 1.30 bits per heavy atom. The van der Waals surface area contributed by atoms with Crippen molar-refractivity contribution < 1.29 is 14.6 Å². The molecule has 0 aliphatic heterocycles. The molecule has 1 atom stereocenters. The first-order chi connectivity index (χ1) is 10.8. The van der Waals surface area contributed by atoms with E-state index in [1.807, 2.05) is 12.1 Å². The van der Waals surface area contributed by atoms with Crippen molar-refractivity contribution in [1.82, 2.24) is 4.90 Å². The molecule has 0 saturated carbocycles. The molecule has 0 bridgehead atoms. The van der Waals surface area contributed by atoms with E-state index in [1.54, 1.807) is 12.0 Å². The van der Waals surface area contributed by atoms with Crippen LogP contribution in [0.4, 0.5) is 4.79 Å². The van der Waals surface area contributed by atoms with Crippen LogP contribution < -0.4 is 0 Å². The van der Waals surface area contributed by atoms with E-state index in [0.29, 0.717) is 19.6 Å². The van der Waals surface area contributed by atoms with Crippen molar-refractivity contribution in [2.75, 3.05) is 20.3 Å². The molecule has 0 aliphatic carbocycles. The monoisotopic (exact) mass is 385 g/mol. The lowest BCUT2D eigenvalue weighted by molar-refractivity contribution is 0.0597. The fourth-order valence-electron chi connectivity index (χ4n) is 2.78. The summed E-state index contributed by atoms with van der Waals surface area (Å²) in [6.45, 7) is 7.35. The molecule has 23 heavy (non-hydrogen) atoms. The molecule has 1 aromatic carbocycles. The fourth-order valence-corrected chi connectivity index (χ4v) is 3.04. The Labute approximate surface area is 148 Å². The molecule has 0 fully saturated rings. The summed E-state index contributed by atoms with van der Waals surface area (Å²) in [5.41, 5.74) is 1.11. The predicted octanol–water partition coefficient (Wildman–Crippen LogP) is 4.81. The van der Waals surface area contributed by atoms with Crippen molar-refractivity contribution in [2.45, 2.75) is 46.1 Å². The maximum atomic E-state index is 11.7. The fraction of sp³-hybridized carbons (Fsp3) is 0.611. The highest BCUT2D eigenvalue weighted by atomic mass is 79.9. The van der Waals surface area contributed by atoms with Crippen molar-refractivity contribution in [3.63, 3.8) is 0 Å². The number of hydrogen-bond acceptors (Lipinski definition) is 2. The average Bonchev–Trinajstić information content (AvgIpc) is 2.46. The van der Waals surface area contributed by atoms with Crippen LogP contribution in [0.1, 0.15) is 39.2 Å². The molecule has 1 amide bonds. The van der Waals surface area contributed by atoms with Gasteiger partial charge in [-0.2, -0.15) is 0 Å². The Bertz CT molecular complexity index is 482. The van der Waals surface area contributed by atoms with Crippen molar-refractivity contribution in [2.24, 2.45) is 5.41 Å². The molecule has 1 aromatic rings. The molecule has 1 N–H and O–H groups in total. The van der Waals surface area contributed by atoms with Crippen LogP contribution in [0.3, 0.4) is 0 Å². The van der Waals surface area contributed by atoms with Crippen LogP contribution in [0.5, 0.6) is 0 Å². The van der Waals surface area contributed by atoms with Gasteiger partial charge in [-0.3, -0.25) is 0 Å². The highest BCUT2D eigenvalue weighted by Gasteiger charge is 2.32. The summed E-state index contributed by atoms with van der Waals surface area (Å²) in [6.07, 6.45) is 1.55. The van der Waals surface area contributed by atoms with Crippen LogP contribution in [-0.2, 0) is 11.2 Å². The molecule has 0 spiro atoms. The first-order valence-electron chi connectivity index (χ1n) is 7.98. The molecule has 0 aromatic heterocycles. The Kier molecular flexibility index (Phi) is 8.06. The van der Waals surface area contributed by atoms with Gasteiger partial charge in [0.25, 0.3) is 0 Å². The summed E-state index contributed by atoms with van der Waals surface area (Å²) in [5, 5.41) is 9.62. The lowest BCUT2D eigenvalue weighted by Crippen LogP contribution is -2.48. The van der Waals surface area contributed by atoms with E-state index >= 15 is 0 Å². The Morgan fingerprint density at radius 2 is 1.91 bits per heavy atom. The van der Waals surface area contributed by atoms with Crippen LogP contribution in [0.2, 0.25) is 0 Å². The lowest BCUT2D eigenvalue weighted by atomic mass is 9.83. The van der Waals surface area contributed by atoms with Crippen molar-refractivity contribution in [1.29, 1.82) is 0 Å². The van der Waals surface area contributed by atoms with Crippen LogP contribution >= 0.6 is 15.9 Å². The number of aryl methyl sites for hydroxylation is 1. The van der Waals surface area contributed by atoms with Crippen molar-refractivity contribution >= 4 is 22.0 Å². The number of carbonyl (C=O) groups is 1. The number of hydrogen-bond donors (Lipinski definition) is 1. The number of ether oxygens (including phenoxy) is 1. The number of rotatable bonds is 8. The molecular formula is C18H28BrNO3. The zero-order valence-electron chi connectivity index (χ0n) is 14.5. The summed E-state index contributed by atoms with van der Waals surface area (Å²) in [4.78, 5) is 13.3. The van der Waals surface area contributed by atoms with Gasteiger partial charge >= 0.3 is 6.09 Å². The highest BCUT2D eigenvalue weighted by molar-refractivity contribution is 9.10. The second kappa shape index (κ2) is 9.28. The minimum Gasteiger partial charge on any atom is -0.465 e. The van der Waals surface area contributed by atoms with Crippen LogP contribution in [-0.4, -0.2) is 42.4 Å². The Morgan fingerprint density at radius 3 is 2.39 bits per heavy atom. The van der Waals surface area contributed by atoms with Gasteiger partial charge in [-0.25, -0.2) is 4.79 Å². The summed E-state index contributed by atoms with van der Waals surface area (Å²) in [5.74, 6) is 0. The molecule has 0 heterocycles. The smallest absolute Gasteiger partial charge is 0.407 e. The molecule has 0 saturated heterocycles. The maximum absolute atomic E-state index is 11.7. The second-order valence-corrected chi connectivity index (χ2v) is 7.78. The standard InChI is InChI=1S/C18H28BrNO3/c1-18(2,3)16(11-13-23-4)20(17(21)22)12-5-6-14-7-9-15(19)10-8-14/h7-10,16H,5-6,11-13H2,1-4H3,(H,21,22). The van der Waals surface area contributed by atoms with Gasteiger partial charge < -0.3 is 14.7 Å². The Hall–Kier alpha value is -1.07. The Balaban J connectivity index is 2.68. The summed E-state index contributed by atoms with van der Waals surface area (Å²) in [6, 6.07) is 8.12. The first-order valence-corrected chi connectivity index (χ1v) is 8.78. The van der Waals surface area contributed by atoms with E-state index < -0.39 is 6.09 Å². The van der Waals surface area contributed by atoms with E-state index in [2.05, 4.69) is 48.8 Å². The lowest BCUT2D eigenvalue weighted by Gasteiger charge is -2.38. The zero-order chi connectivity index (χ0) is 17.5. The third-order valence-electron chi connectivity index (χ3n) is 3.99. The summed E-state index contributed by atoms with van der Waals surface area (Å²) >= 11 is 3.42. The molecular weight excluding hydrogens is 358 g/mol. The SMILES string of the molecule is COCCC(N(CCCc1ccc(Br)cc1)C(=O)O)C(C)(C)C. The molecule has 4 nitrogen and oxygen atoms in total. The molecule has 0 radical (unpaired) electrons. The van der Waals surface area contributed by atoms with Gasteiger partial charge in [-0.05, 0) is 42.4 Å². The zero-order valence-corrected chi connectivity index (χ0v) is 16.1. The molecule has 0 aliphatic rings. The van der Waals surface area contributed by atoms with E-state index in [0.717, 1.165) is 17.3 Å². The quantitative estimate of drug-likeness (QED) is 0.697. The first kappa shape index (κ1) is 20.0. The van der Waals surface area contributed by atoms with Gasteiger partial charge in [0.15, 0.2) is 0 Å². The van der Waals surface area contributed by atoms with E-state index in [9.17, 15) is 9.90 Å². The summed E-state index contributed by atoms with van der Waals surface area (Å²) in [7, 11) is 1.65. The topological polar surface area (TPSA) is 49.8 Å².